The van der Waals surface area contributed by atoms with Crippen LogP contribution in [-0.4, -0.2) is 27.7 Å². The molecule has 2 aromatic heterocycles. The Kier molecular flexibility index (Phi) is 3.30. The summed E-state index contributed by atoms with van der Waals surface area (Å²) in [4.78, 5) is 23.2. The molecule has 1 atom stereocenters. The van der Waals surface area contributed by atoms with Gasteiger partial charge in [0.25, 0.3) is 0 Å². The summed E-state index contributed by atoms with van der Waals surface area (Å²) in [5.41, 5.74) is 2.67. The fraction of sp³-hybridized carbons (Fsp3) is 0.235. The molecule has 1 saturated heterocycles. The molecule has 4 nitrogen and oxygen atoms in total. The molecule has 4 rings (SSSR count). The zero-order valence-electron chi connectivity index (χ0n) is 11.9. The van der Waals surface area contributed by atoms with Crippen LogP contribution in [0.3, 0.4) is 0 Å². The lowest BCUT2D eigenvalue weighted by Gasteiger charge is -2.19. The molecule has 5 heteroatoms. The van der Waals surface area contributed by atoms with Crippen molar-refractivity contribution in [3.8, 4) is 0 Å². The number of rotatable bonds is 2. The molecule has 0 bridgehead atoms. The maximum absolute atomic E-state index is 12.4. The van der Waals surface area contributed by atoms with E-state index in [1.54, 1.807) is 12.4 Å². The lowest BCUT2D eigenvalue weighted by Crippen LogP contribution is -2.25. The van der Waals surface area contributed by atoms with Gasteiger partial charge in [-0.25, -0.2) is 0 Å². The van der Waals surface area contributed by atoms with Crippen molar-refractivity contribution in [2.24, 2.45) is 5.92 Å². The summed E-state index contributed by atoms with van der Waals surface area (Å²) in [5, 5.41) is 2.84. The van der Waals surface area contributed by atoms with Gasteiger partial charge in [-0.1, -0.05) is 22.0 Å². The van der Waals surface area contributed by atoms with E-state index >= 15 is 0 Å². The van der Waals surface area contributed by atoms with Crippen LogP contribution in [-0.2, 0) is 4.79 Å². The number of halogens is 1. The highest BCUT2D eigenvalue weighted by Gasteiger charge is 2.31. The van der Waals surface area contributed by atoms with Gasteiger partial charge < -0.3 is 4.90 Å². The van der Waals surface area contributed by atoms with Crippen molar-refractivity contribution >= 4 is 49.3 Å². The van der Waals surface area contributed by atoms with Gasteiger partial charge in [-0.05, 0) is 30.2 Å². The Bertz CT molecular complexity index is 880. The molecule has 22 heavy (non-hydrogen) atoms. The number of carbonyl (C=O) groups excluding carboxylic acids is 1. The summed E-state index contributed by atoms with van der Waals surface area (Å²) in [6.07, 6.45) is 4.14. The number of benzene rings is 1. The molecule has 1 amide bonds. The molecule has 1 fully saturated rings. The highest BCUT2D eigenvalue weighted by Crippen LogP contribution is 2.35. The maximum Gasteiger partial charge on any atom is 0.227 e. The second-order valence-electron chi connectivity index (χ2n) is 5.60. The molecular weight excluding hydrogens is 342 g/mol. The molecule has 1 aliphatic heterocycles. The van der Waals surface area contributed by atoms with E-state index in [2.05, 4.69) is 32.0 Å². The highest BCUT2D eigenvalue weighted by atomic mass is 79.9. The van der Waals surface area contributed by atoms with Gasteiger partial charge in [0, 0.05) is 41.5 Å². The quantitative estimate of drug-likeness (QED) is 0.521. The fourth-order valence-electron chi connectivity index (χ4n) is 3.10. The summed E-state index contributed by atoms with van der Waals surface area (Å²) in [6, 6.07) is 9.90. The van der Waals surface area contributed by atoms with Crippen LogP contribution in [0.15, 0.2) is 42.7 Å². The smallest absolute Gasteiger partial charge is 0.227 e. The van der Waals surface area contributed by atoms with Gasteiger partial charge in [-0.2, -0.15) is 0 Å². The van der Waals surface area contributed by atoms with E-state index in [0.29, 0.717) is 12.3 Å². The Morgan fingerprint density at radius 3 is 2.73 bits per heavy atom. The van der Waals surface area contributed by atoms with E-state index in [-0.39, 0.29) is 5.91 Å². The van der Waals surface area contributed by atoms with Crippen LogP contribution >= 0.6 is 15.9 Å². The first-order chi connectivity index (χ1) is 10.8. The van der Waals surface area contributed by atoms with Crippen LogP contribution in [0.4, 0.5) is 5.69 Å². The summed E-state index contributed by atoms with van der Waals surface area (Å²) in [7, 11) is 0. The normalized spacial score (nSPS) is 18.5. The van der Waals surface area contributed by atoms with Gasteiger partial charge >= 0.3 is 0 Å². The molecule has 0 radical (unpaired) electrons. The molecule has 0 N–H and O–H groups in total. The molecule has 1 aromatic carbocycles. The molecule has 3 aromatic rings. The minimum atomic E-state index is 0.179. The van der Waals surface area contributed by atoms with Gasteiger partial charge in [0.2, 0.25) is 5.91 Å². The minimum absolute atomic E-state index is 0.179. The lowest BCUT2D eigenvalue weighted by atomic mass is 10.1. The molecule has 1 unspecified atom stereocenters. The number of anilines is 1. The molecule has 0 saturated carbocycles. The third-order valence-corrected chi connectivity index (χ3v) is 5.07. The fourth-order valence-corrected chi connectivity index (χ4v) is 3.53. The number of hydrogen-bond donors (Lipinski definition) is 0. The van der Waals surface area contributed by atoms with Gasteiger partial charge in [0.15, 0.2) is 0 Å². The number of carbonyl (C=O) groups is 1. The zero-order chi connectivity index (χ0) is 15.1. The third-order valence-electron chi connectivity index (χ3n) is 4.15. The minimum Gasteiger partial charge on any atom is -0.311 e. The second kappa shape index (κ2) is 5.32. The second-order valence-corrected chi connectivity index (χ2v) is 6.25. The molecular formula is C17H14BrN3O. The van der Waals surface area contributed by atoms with Gasteiger partial charge in [-0.3, -0.25) is 14.8 Å². The Hall–Kier alpha value is -2.01. The first kappa shape index (κ1) is 13.6. The van der Waals surface area contributed by atoms with Crippen molar-refractivity contribution in [2.45, 2.75) is 6.42 Å². The summed E-state index contributed by atoms with van der Waals surface area (Å²) < 4.78 is 0. The Balaban J connectivity index is 1.98. The Morgan fingerprint density at radius 2 is 1.95 bits per heavy atom. The van der Waals surface area contributed by atoms with Crippen molar-refractivity contribution in [1.29, 1.82) is 0 Å². The number of nitrogens with zero attached hydrogens (tertiary/aromatic N) is 3. The third kappa shape index (κ3) is 2.08. The monoisotopic (exact) mass is 355 g/mol. The molecule has 110 valence electrons. The first-order valence-corrected chi connectivity index (χ1v) is 8.39. The van der Waals surface area contributed by atoms with Crippen LogP contribution in [0.1, 0.15) is 6.42 Å². The van der Waals surface area contributed by atoms with Crippen molar-refractivity contribution < 1.29 is 4.79 Å². The zero-order valence-corrected chi connectivity index (χ0v) is 13.5. The molecule has 3 heterocycles. The van der Waals surface area contributed by atoms with Crippen LogP contribution in [0.25, 0.3) is 21.8 Å². The Labute approximate surface area is 136 Å². The number of aromatic nitrogens is 2. The number of alkyl halides is 1. The van der Waals surface area contributed by atoms with Crippen LogP contribution in [0.5, 0.6) is 0 Å². The Morgan fingerprint density at radius 1 is 1.18 bits per heavy atom. The van der Waals surface area contributed by atoms with E-state index in [4.69, 9.17) is 0 Å². The van der Waals surface area contributed by atoms with Gasteiger partial charge in [-0.15, -0.1) is 0 Å². The van der Waals surface area contributed by atoms with E-state index < -0.39 is 0 Å². The SMILES string of the molecule is O=C1CC(CBr)CN1c1cc2cccnc2c2ncccc12. The average molecular weight is 356 g/mol. The maximum atomic E-state index is 12.4. The van der Waals surface area contributed by atoms with Gasteiger partial charge in [0.05, 0.1) is 16.7 Å². The number of hydrogen-bond acceptors (Lipinski definition) is 3. The van der Waals surface area contributed by atoms with E-state index in [9.17, 15) is 4.79 Å². The van der Waals surface area contributed by atoms with Crippen molar-refractivity contribution in [1.82, 2.24) is 9.97 Å². The average Bonchev–Trinajstić information content (AvgIpc) is 2.95. The summed E-state index contributed by atoms with van der Waals surface area (Å²) in [5.74, 6) is 0.543. The van der Waals surface area contributed by atoms with Crippen molar-refractivity contribution in [3.63, 3.8) is 0 Å². The molecule has 0 aliphatic carbocycles. The van der Waals surface area contributed by atoms with Gasteiger partial charge in [0.1, 0.15) is 0 Å². The summed E-state index contributed by atoms with van der Waals surface area (Å²) >= 11 is 3.49. The highest BCUT2D eigenvalue weighted by molar-refractivity contribution is 9.09. The lowest BCUT2D eigenvalue weighted by molar-refractivity contribution is -0.117. The first-order valence-electron chi connectivity index (χ1n) is 7.26. The standard InChI is InChI=1S/C17H14BrN3O/c18-9-11-7-15(22)21(10-11)14-8-12-3-1-5-19-16(12)17-13(14)4-2-6-20-17/h1-6,8,11H,7,9-10H2. The van der Waals surface area contributed by atoms with Crippen LogP contribution in [0, 0.1) is 5.92 Å². The predicted molar refractivity (Wildman–Crippen MR) is 91.3 cm³/mol. The number of fused-ring (bicyclic) bond motifs is 3. The van der Waals surface area contributed by atoms with E-state index in [1.807, 2.05) is 29.2 Å². The van der Waals surface area contributed by atoms with Crippen molar-refractivity contribution in [2.75, 3.05) is 16.8 Å². The van der Waals surface area contributed by atoms with E-state index in [1.165, 1.54) is 0 Å². The topological polar surface area (TPSA) is 46.1 Å². The number of amides is 1. The summed E-state index contributed by atoms with van der Waals surface area (Å²) in [6.45, 7) is 0.750. The van der Waals surface area contributed by atoms with Crippen LogP contribution < -0.4 is 4.90 Å². The predicted octanol–water partition coefficient (Wildman–Crippen LogP) is 3.53. The molecule has 0 spiro atoms. The molecule has 1 aliphatic rings. The van der Waals surface area contributed by atoms with Crippen molar-refractivity contribution in [3.05, 3.63) is 42.7 Å². The number of pyridine rings is 2. The largest absolute Gasteiger partial charge is 0.311 e. The van der Waals surface area contributed by atoms with Crippen LogP contribution in [0.2, 0.25) is 0 Å². The van der Waals surface area contributed by atoms with E-state index in [0.717, 1.165) is 39.4 Å².